The Hall–Kier alpha value is -0.235. The van der Waals surface area contributed by atoms with Gasteiger partial charge >= 0.3 is 7.48 Å². The summed E-state index contributed by atoms with van der Waals surface area (Å²) in [6, 6.07) is 0. The molecule has 0 saturated heterocycles. The van der Waals surface area contributed by atoms with Crippen LogP contribution >= 0.6 is 0 Å². The predicted octanol–water partition coefficient (Wildman–Crippen LogP) is 1.30. The zero-order chi connectivity index (χ0) is 6.24. The molecule has 1 nitrogen and oxygen atoms in total. The van der Waals surface area contributed by atoms with Crippen LogP contribution in [0.5, 0.6) is 0 Å². The maximum absolute atomic E-state index is 8.15. The van der Waals surface area contributed by atoms with Crippen LogP contribution in [0, 0.1) is 0 Å². The molecule has 0 bridgehead atoms. The average Bonchev–Trinajstić information content (AvgIpc) is 1.81. The minimum absolute atomic E-state index is 1.07. The molecule has 0 aromatic carbocycles. The summed E-state index contributed by atoms with van der Waals surface area (Å²) < 4.78 is 0. The first-order valence-electron chi connectivity index (χ1n) is 3.04. The van der Waals surface area contributed by atoms with E-state index in [4.69, 9.17) is 5.02 Å². The van der Waals surface area contributed by atoms with Crippen molar-refractivity contribution in [3.05, 3.63) is 12.1 Å². The lowest BCUT2D eigenvalue weighted by Crippen LogP contribution is -1.77. The van der Waals surface area contributed by atoms with Crippen molar-refractivity contribution in [2.45, 2.75) is 26.2 Å². The Labute approximate surface area is 51.7 Å². The highest BCUT2D eigenvalue weighted by Gasteiger charge is 1.76. The van der Waals surface area contributed by atoms with Crippen LogP contribution in [-0.4, -0.2) is 12.5 Å². The molecule has 0 aliphatic rings. The first kappa shape index (κ1) is 7.76. The molecule has 0 saturated carbocycles. The predicted molar refractivity (Wildman–Crippen MR) is 36.6 cm³/mol. The summed E-state index contributed by atoms with van der Waals surface area (Å²) in [4.78, 5) is 0. The average molecular weight is 111 g/mol. The smallest absolute Gasteiger partial charge is 0.318 e. The fraction of sp³-hybridized carbons (Fsp3) is 0.667. The van der Waals surface area contributed by atoms with Crippen LogP contribution in [0.3, 0.4) is 0 Å². The van der Waals surface area contributed by atoms with E-state index in [0.717, 1.165) is 13.9 Å². The van der Waals surface area contributed by atoms with Gasteiger partial charge in [-0.05, 0) is 6.42 Å². The van der Waals surface area contributed by atoms with Crippen molar-refractivity contribution in [3.63, 3.8) is 0 Å². The van der Waals surface area contributed by atoms with Gasteiger partial charge in [-0.3, -0.25) is 0 Å². The second-order valence-corrected chi connectivity index (χ2v) is 1.72. The molecule has 0 spiro atoms. The quantitative estimate of drug-likeness (QED) is 0.428. The molecule has 0 rings (SSSR count). The maximum atomic E-state index is 8.15. The number of allylic oxidation sites excluding steroid dienone is 1. The first-order chi connectivity index (χ1) is 3.91. The normalized spacial score (nSPS) is 10.2. The van der Waals surface area contributed by atoms with E-state index in [1.54, 1.807) is 5.98 Å². The van der Waals surface area contributed by atoms with Gasteiger partial charge in [0.15, 0.2) is 0 Å². The van der Waals surface area contributed by atoms with E-state index in [1.165, 1.54) is 12.8 Å². The van der Waals surface area contributed by atoms with Gasteiger partial charge in [-0.1, -0.05) is 31.8 Å². The highest BCUT2D eigenvalue weighted by Crippen LogP contribution is 1.93. The molecule has 0 unspecified atom stereocenters. The second kappa shape index (κ2) is 6.76. The van der Waals surface area contributed by atoms with Crippen molar-refractivity contribution in [2.75, 3.05) is 0 Å². The summed E-state index contributed by atoms with van der Waals surface area (Å²) in [7, 11) is 1.07. The van der Waals surface area contributed by atoms with E-state index >= 15 is 0 Å². The maximum Gasteiger partial charge on any atom is 0.318 e. The Kier molecular flexibility index (Phi) is 6.57. The second-order valence-electron chi connectivity index (χ2n) is 1.72. The van der Waals surface area contributed by atoms with E-state index in [-0.39, 0.29) is 0 Å². The fourth-order valence-corrected chi connectivity index (χ4v) is 0.479. The molecular formula is C6H12BO. The highest BCUT2D eigenvalue weighted by atomic mass is 16.2. The lowest BCUT2D eigenvalue weighted by atomic mass is 10.0. The summed E-state index contributed by atoms with van der Waals surface area (Å²) >= 11 is 0. The Morgan fingerprint density at radius 3 is 2.88 bits per heavy atom. The Bertz CT molecular complexity index is 61.5. The van der Waals surface area contributed by atoms with Gasteiger partial charge in [-0.25, -0.2) is 0 Å². The third kappa shape index (κ3) is 5.76. The van der Waals surface area contributed by atoms with Gasteiger partial charge in [-0.2, -0.15) is 0 Å². The van der Waals surface area contributed by atoms with Gasteiger partial charge in [0.25, 0.3) is 0 Å². The molecule has 1 N–H and O–H groups in total. The van der Waals surface area contributed by atoms with Crippen LogP contribution in [0.15, 0.2) is 12.1 Å². The van der Waals surface area contributed by atoms with Gasteiger partial charge in [0.1, 0.15) is 0 Å². The van der Waals surface area contributed by atoms with E-state index in [1.807, 2.05) is 6.08 Å². The van der Waals surface area contributed by atoms with Crippen LogP contribution in [0.2, 0.25) is 0 Å². The summed E-state index contributed by atoms with van der Waals surface area (Å²) in [5.74, 6) is 1.66. The minimum Gasteiger partial charge on any atom is -0.450 e. The van der Waals surface area contributed by atoms with Crippen LogP contribution in [-0.2, 0) is 0 Å². The van der Waals surface area contributed by atoms with Gasteiger partial charge in [0, 0.05) is 0 Å². The van der Waals surface area contributed by atoms with Gasteiger partial charge < -0.3 is 5.02 Å². The van der Waals surface area contributed by atoms with Crippen molar-refractivity contribution in [3.8, 4) is 0 Å². The van der Waals surface area contributed by atoms with E-state index in [9.17, 15) is 0 Å². The molecule has 0 aliphatic heterocycles. The van der Waals surface area contributed by atoms with Crippen molar-refractivity contribution in [1.82, 2.24) is 0 Å². The lowest BCUT2D eigenvalue weighted by Gasteiger charge is -1.84. The summed E-state index contributed by atoms with van der Waals surface area (Å²) in [6.45, 7) is 2.15. The molecule has 0 aromatic rings. The van der Waals surface area contributed by atoms with Gasteiger partial charge in [-0.15, -0.1) is 0 Å². The number of unbranched alkanes of at least 4 members (excludes halogenated alkanes) is 2. The fourth-order valence-electron chi connectivity index (χ4n) is 0.479. The van der Waals surface area contributed by atoms with Crippen molar-refractivity contribution in [1.29, 1.82) is 0 Å². The molecule has 2 heteroatoms. The SMILES string of the molecule is CCCC/C=C/[B]O. The first-order valence-corrected chi connectivity index (χ1v) is 3.04. The van der Waals surface area contributed by atoms with Gasteiger partial charge in [0.05, 0.1) is 0 Å². The molecule has 8 heavy (non-hydrogen) atoms. The molecule has 1 radical (unpaired) electrons. The molecule has 0 atom stereocenters. The van der Waals surface area contributed by atoms with Crippen molar-refractivity contribution < 1.29 is 5.02 Å². The molecular weight excluding hydrogens is 98.9 g/mol. The minimum atomic E-state index is 1.07. The molecule has 0 fully saturated rings. The largest absolute Gasteiger partial charge is 0.450 e. The van der Waals surface area contributed by atoms with Crippen molar-refractivity contribution in [2.24, 2.45) is 0 Å². The highest BCUT2D eigenvalue weighted by molar-refractivity contribution is 6.32. The molecule has 45 valence electrons. The van der Waals surface area contributed by atoms with Crippen molar-refractivity contribution >= 4 is 7.48 Å². The Morgan fingerprint density at radius 2 is 2.38 bits per heavy atom. The molecule has 0 aromatic heterocycles. The Balaban J connectivity index is 2.80. The summed E-state index contributed by atoms with van der Waals surface area (Å²) in [5.41, 5.74) is 0. The van der Waals surface area contributed by atoms with E-state index in [2.05, 4.69) is 6.92 Å². The monoisotopic (exact) mass is 111 g/mol. The van der Waals surface area contributed by atoms with E-state index < -0.39 is 0 Å². The van der Waals surface area contributed by atoms with E-state index in [0.29, 0.717) is 0 Å². The summed E-state index contributed by atoms with van der Waals surface area (Å²) in [6.07, 6.45) is 5.47. The molecule has 0 heterocycles. The molecule has 0 amide bonds. The van der Waals surface area contributed by atoms with Gasteiger partial charge in [0.2, 0.25) is 0 Å². The third-order valence-corrected chi connectivity index (χ3v) is 0.946. The van der Waals surface area contributed by atoms with Crippen LogP contribution in [0.1, 0.15) is 26.2 Å². The lowest BCUT2D eigenvalue weighted by molar-refractivity contribution is 0.614. The van der Waals surface area contributed by atoms with Crippen LogP contribution < -0.4 is 0 Å². The number of hydrogen-bond donors (Lipinski definition) is 1. The molecule has 0 aliphatic carbocycles. The Morgan fingerprint density at radius 1 is 1.62 bits per heavy atom. The summed E-state index contributed by atoms with van der Waals surface area (Å²) in [5, 5.41) is 8.15. The van der Waals surface area contributed by atoms with Crippen LogP contribution in [0.4, 0.5) is 0 Å². The zero-order valence-corrected chi connectivity index (χ0v) is 5.30. The van der Waals surface area contributed by atoms with Crippen LogP contribution in [0.25, 0.3) is 0 Å². The number of hydrogen-bond acceptors (Lipinski definition) is 1. The topological polar surface area (TPSA) is 20.2 Å². The standard InChI is InChI=1S/C6H12BO/c1-2-3-4-5-6-7-8/h5-6,8H,2-4H2,1H3/b6-5+. The zero-order valence-electron chi connectivity index (χ0n) is 5.30. The third-order valence-electron chi connectivity index (χ3n) is 0.946. The number of rotatable bonds is 4.